The van der Waals surface area contributed by atoms with E-state index < -0.39 is 0 Å². The lowest BCUT2D eigenvalue weighted by molar-refractivity contribution is 0.655. The van der Waals surface area contributed by atoms with Crippen LogP contribution in [0.4, 0.5) is 5.82 Å². The largest absolute Gasteiger partial charge is 0.382 e. The number of rotatable bonds is 4. The molecule has 3 aromatic rings. The SMILES string of the molecule is CCc1nc2c(N)nc3ccccc3c2n1CCNC(=N)N.Cl.Cl. The van der Waals surface area contributed by atoms with Crippen molar-refractivity contribution in [1.29, 1.82) is 5.41 Å². The van der Waals surface area contributed by atoms with Crippen LogP contribution in [0.5, 0.6) is 0 Å². The number of para-hydroxylation sites is 1. The highest BCUT2D eigenvalue weighted by Gasteiger charge is 2.15. The maximum Gasteiger partial charge on any atom is 0.185 e. The molecule has 130 valence electrons. The Morgan fingerprint density at radius 1 is 1.25 bits per heavy atom. The minimum absolute atomic E-state index is 0. The number of pyridine rings is 1. The van der Waals surface area contributed by atoms with Gasteiger partial charge in [0.2, 0.25) is 0 Å². The Balaban J connectivity index is 0.00000144. The average molecular weight is 370 g/mol. The van der Waals surface area contributed by atoms with E-state index in [2.05, 4.69) is 26.8 Å². The number of fused-ring (bicyclic) bond motifs is 3. The van der Waals surface area contributed by atoms with Crippen LogP contribution in [-0.4, -0.2) is 27.0 Å². The number of anilines is 1. The summed E-state index contributed by atoms with van der Waals surface area (Å²) in [4.78, 5) is 9.07. The summed E-state index contributed by atoms with van der Waals surface area (Å²) in [7, 11) is 0. The molecule has 0 bridgehead atoms. The maximum absolute atomic E-state index is 7.26. The van der Waals surface area contributed by atoms with Gasteiger partial charge >= 0.3 is 0 Å². The molecule has 0 aliphatic heterocycles. The van der Waals surface area contributed by atoms with Crippen LogP contribution < -0.4 is 16.8 Å². The van der Waals surface area contributed by atoms with Gasteiger partial charge in [0.1, 0.15) is 11.3 Å². The van der Waals surface area contributed by atoms with E-state index >= 15 is 0 Å². The summed E-state index contributed by atoms with van der Waals surface area (Å²) in [5, 5.41) is 11.1. The van der Waals surface area contributed by atoms with E-state index in [0.717, 1.165) is 34.2 Å². The van der Waals surface area contributed by atoms with Crippen molar-refractivity contribution in [3.8, 4) is 0 Å². The Bertz CT molecular complexity index is 860. The third kappa shape index (κ3) is 3.47. The van der Waals surface area contributed by atoms with Gasteiger partial charge in [-0.2, -0.15) is 0 Å². The van der Waals surface area contributed by atoms with Gasteiger partial charge in [-0.1, -0.05) is 25.1 Å². The van der Waals surface area contributed by atoms with Gasteiger partial charge < -0.3 is 21.4 Å². The van der Waals surface area contributed by atoms with Crippen LogP contribution in [0.1, 0.15) is 12.7 Å². The van der Waals surface area contributed by atoms with Gasteiger partial charge in [-0.3, -0.25) is 5.41 Å². The zero-order valence-electron chi connectivity index (χ0n) is 13.2. The van der Waals surface area contributed by atoms with Gasteiger partial charge in [0, 0.05) is 24.9 Å². The molecular weight excluding hydrogens is 349 g/mol. The van der Waals surface area contributed by atoms with Gasteiger partial charge in [-0.15, -0.1) is 24.8 Å². The van der Waals surface area contributed by atoms with Crippen LogP contribution in [0, 0.1) is 5.41 Å². The van der Waals surface area contributed by atoms with Crippen LogP contribution >= 0.6 is 24.8 Å². The molecule has 1 aromatic carbocycles. The highest BCUT2D eigenvalue weighted by atomic mass is 35.5. The lowest BCUT2D eigenvalue weighted by atomic mass is 10.2. The van der Waals surface area contributed by atoms with Gasteiger partial charge in [-0.05, 0) is 6.07 Å². The van der Waals surface area contributed by atoms with E-state index in [4.69, 9.17) is 16.9 Å². The Morgan fingerprint density at radius 2 is 1.96 bits per heavy atom. The molecule has 0 saturated heterocycles. The number of nitrogens with zero attached hydrogens (tertiary/aromatic N) is 3. The summed E-state index contributed by atoms with van der Waals surface area (Å²) in [5.74, 6) is 1.36. The molecule has 24 heavy (non-hydrogen) atoms. The molecule has 0 fully saturated rings. The monoisotopic (exact) mass is 369 g/mol. The van der Waals surface area contributed by atoms with Gasteiger partial charge in [-0.25, -0.2) is 9.97 Å². The van der Waals surface area contributed by atoms with Gasteiger partial charge in [0.05, 0.1) is 11.0 Å². The van der Waals surface area contributed by atoms with Crippen LogP contribution in [0.25, 0.3) is 21.9 Å². The zero-order chi connectivity index (χ0) is 15.7. The highest BCUT2D eigenvalue weighted by Crippen LogP contribution is 2.28. The maximum atomic E-state index is 7.26. The molecule has 2 aromatic heterocycles. The topological polar surface area (TPSA) is 119 Å². The lowest BCUT2D eigenvalue weighted by Crippen LogP contribution is -2.33. The minimum atomic E-state index is -0.0338. The Morgan fingerprint density at radius 3 is 2.62 bits per heavy atom. The van der Waals surface area contributed by atoms with Crippen molar-refractivity contribution in [3.05, 3.63) is 30.1 Å². The number of nitrogens with one attached hydrogen (secondary N) is 2. The molecule has 7 nitrogen and oxygen atoms in total. The first kappa shape index (κ1) is 19.8. The standard InChI is InChI=1S/C15H19N7.2ClH/c1-2-11-21-12-13(22(11)8-7-19-15(17)18)9-5-3-4-6-10(9)20-14(12)16;;/h3-6H,2,7-8H2,1H3,(H2,16,20)(H4,17,18,19);2*1H. The fraction of sp³-hybridized carbons (Fsp3) is 0.267. The first-order chi connectivity index (χ1) is 10.6. The number of aryl methyl sites for hydroxylation is 1. The molecule has 3 rings (SSSR count). The van der Waals surface area contributed by atoms with Crippen LogP contribution in [0.2, 0.25) is 0 Å². The summed E-state index contributed by atoms with van der Waals surface area (Å²) in [5.41, 5.74) is 14.0. The zero-order valence-corrected chi connectivity index (χ0v) is 14.9. The molecule has 0 unspecified atom stereocenters. The fourth-order valence-corrected chi connectivity index (χ4v) is 2.72. The van der Waals surface area contributed by atoms with Crippen LogP contribution in [0.15, 0.2) is 24.3 Å². The Hall–Kier alpha value is -2.25. The predicted octanol–water partition coefficient (Wildman–Crippen LogP) is 2.06. The summed E-state index contributed by atoms with van der Waals surface area (Å²) in [6.07, 6.45) is 0.794. The predicted molar refractivity (Wildman–Crippen MR) is 103 cm³/mol. The molecule has 0 aliphatic rings. The molecular formula is C15H21Cl2N7. The molecule has 0 atom stereocenters. The second-order valence-electron chi connectivity index (χ2n) is 5.09. The van der Waals surface area contributed by atoms with Crippen molar-refractivity contribution in [3.63, 3.8) is 0 Å². The number of nitrogens with two attached hydrogens (primary N) is 2. The van der Waals surface area contributed by atoms with Crippen molar-refractivity contribution < 1.29 is 0 Å². The molecule has 0 aliphatic carbocycles. The second kappa shape index (κ2) is 8.03. The third-order valence-electron chi connectivity index (χ3n) is 3.66. The normalized spacial score (nSPS) is 10.2. The van der Waals surface area contributed by atoms with Crippen molar-refractivity contribution in [1.82, 2.24) is 19.9 Å². The number of imidazole rings is 1. The molecule has 0 amide bonds. The Kier molecular flexibility index (Phi) is 6.62. The van der Waals surface area contributed by atoms with E-state index in [1.54, 1.807) is 0 Å². The molecule has 9 heteroatoms. The first-order valence-electron chi connectivity index (χ1n) is 7.23. The van der Waals surface area contributed by atoms with E-state index in [-0.39, 0.29) is 30.8 Å². The number of benzene rings is 1. The number of nitrogen functional groups attached to an aromatic ring is 1. The smallest absolute Gasteiger partial charge is 0.185 e. The van der Waals surface area contributed by atoms with E-state index in [0.29, 0.717) is 18.9 Å². The van der Waals surface area contributed by atoms with E-state index in [1.807, 2.05) is 24.3 Å². The van der Waals surface area contributed by atoms with Crippen LogP contribution in [0.3, 0.4) is 0 Å². The van der Waals surface area contributed by atoms with Crippen molar-refractivity contribution in [2.24, 2.45) is 5.73 Å². The van der Waals surface area contributed by atoms with E-state index in [1.165, 1.54) is 0 Å². The fourth-order valence-electron chi connectivity index (χ4n) is 2.72. The number of aromatic nitrogens is 3. The van der Waals surface area contributed by atoms with Crippen molar-refractivity contribution >= 4 is 58.5 Å². The second-order valence-corrected chi connectivity index (χ2v) is 5.09. The first-order valence-corrected chi connectivity index (χ1v) is 7.23. The summed E-state index contributed by atoms with van der Waals surface area (Å²) in [6, 6.07) is 7.90. The molecule has 0 saturated carbocycles. The minimum Gasteiger partial charge on any atom is -0.382 e. The summed E-state index contributed by atoms with van der Waals surface area (Å²) >= 11 is 0. The number of halogens is 2. The molecule has 2 heterocycles. The van der Waals surface area contributed by atoms with Crippen molar-refractivity contribution in [2.75, 3.05) is 12.3 Å². The van der Waals surface area contributed by atoms with Gasteiger partial charge in [0.25, 0.3) is 0 Å². The highest BCUT2D eigenvalue weighted by molar-refractivity contribution is 6.06. The number of hydrogen-bond donors (Lipinski definition) is 4. The average Bonchev–Trinajstić information content (AvgIpc) is 2.87. The lowest BCUT2D eigenvalue weighted by Gasteiger charge is -2.10. The number of guanidine groups is 1. The third-order valence-corrected chi connectivity index (χ3v) is 3.66. The van der Waals surface area contributed by atoms with E-state index in [9.17, 15) is 0 Å². The van der Waals surface area contributed by atoms with Gasteiger partial charge in [0.15, 0.2) is 11.8 Å². The Labute approximate surface area is 152 Å². The quantitative estimate of drug-likeness (QED) is 0.414. The molecule has 0 radical (unpaired) electrons. The molecule has 0 spiro atoms. The summed E-state index contributed by atoms with van der Waals surface area (Å²) < 4.78 is 2.13. The number of hydrogen-bond acceptors (Lipinski definition) is 4. The van der Waals surface area contributed by atoms with Crippen molar-refractivity contribution in [2.45, 2.75) is 19.9 Å². The van der Waals surface area contributed by atoms with Crippen LogP contribution in [-0.2, 0) is 13.0 Å². The molecule has 6 N–H and O–H groups in total. The summed E-state index contributed by atoms with van der Waals surface area (Å²) in [6.45, 7) is 3.28.